The molecule has 1 aromatic carbocycles. The summed E-state index contributed by atoms with van der Waals surface area (Å²) in [5.41, 5.74) is 2.05. The van der Waals surface area contributed by atoms with Gasteiger partial charge in [-0.25, -0.2) is 9.67 Å². The fourth-order valence-electron chi connectivity index (χ4n) is 3.04. The lowest BCUT2D eigenvalue weighted by atomic mass is 10.1. The van der Waals surface area contributed by atoms with Gasteiger partial charge in [0.05, 0.1) is 12.6 Å². The van der Waals surface area contributed by atoms with Gasteiger partial charge in [0.25, 0.3) is 11.5 Å². The third-order valence-electron chi connectivity index (χ3n) is 4.56. The van der Waals surface area contributed by atoms with Crippen LogP contribution < -0.4 is 10.9 Å². The number of aryl methyl sites for hydroxylation is 1. The fourth-order valence-corrected chi connectivity index (χ4v) is 3.04. The number of H-pyrrole nitrogens is 1. The predicted octanol–water partition coefficient (Wildman–Crippen LogP) is 0.780. The third-order valence-corrected chi connectivity index (χ3v) is 4.56. The van der Waals surface area contributed by atoms with Crippen LogP contribution in [0.2, 0.25) is 0 Å². The molecule has 1 fully saturated rings. The fraction of sp³-hybridized carbons (Fsp3) is 0.389. The van der Waals surface area contributed by atoms with Crippen molar-refractivity contribution in [2.75, 3.05) is 13.2 Å². The molecule has 3 heterocycles. The zero-order valence-electron chi connectivity index (χ0n) is 14.9. The molecule has 1 amide bonds. The number of ether oxygens (including phenoxy) is 1. The van der Waals surface area contributed by atoms with Crippen molar-refractivity contribution < 1.29 is 9.53 Å². The molecule has 9 heteroatoms. The number of rotatable bonds is 5. The third kappa shape index (κ3) is 3.72. The predicted molar refractivity (Wildman–Crippen MR) is 97.5 cm³/mol. The molecule has 0 spiro atoms. The van der Waals surface area contributed by atoms with Gasteiger partial charge in [-0.3, -0.25) is 9.59 Å². The van der Waals surface area contributed by atoms with E-state index in [2.05, 4.69) is 25.6 Å². The van der Waals surface area contributed by atoms with E-state index in [0.717, 1.165) is 24.0 Å². The molecule has 0 bridgehead atoms. The van der Waals surface area contributed by atoms with E-state index < -0.39 is 11.5 Å². The van der Waals surface area contributed by atoms with Crippen molar-refractivity contribution in [2.24, 2.45) is 0 Å². The highest BCUT2D eigenvalue weighted by Crippen LogP contribution is 2.11. The first-order valence-electron chi connectivity index (χ1n) is 8.89. The summed E-state index contributed by atoms with van der Waals surface area (Å²) in [5, 5.41) is 10.7. The molecule has 3 aromatic rings. The highest BCUT2D eigenvalue weighted by atomic mass is 16.5. The first kappa shape index (κ1) is 17.3. The molecular weight excluding hydrogens is 348 g/mol. The molecule has 9 nitrogen and oxygen atoms in total. The van der Waals surface area contributed by atoms with Crippen LogP contribution in [0.15, 0.2) is 29.1 Å². The standard InChI is InChI=1S/C18H20N6O3/c1-11-4-6-12(7-5-11)10-24-16-14(22-23-24)17(25)21-15(20-16)18(26)19-9-13-3-2-8-27-13/h4-7,13H,2-3,8-10H2,1H3,(H,19,26)(H,20,21,25)/t13-/m1/s1. The highest BCUT2D eigenvalue weighted by molar-refractivity contribution is 5.91. The summed E-state index contributed by atoms with van der Waals surface area (Å²) >= 11 is 0. The minimum Gasteiger partial charge on any atom is -0.376 e. The summed E-state index contributed by atoms with van der Waals surface area (Å²) in [6, 6.07) is 7.95. The average molecular weight is 368 g/mol. The van der Waals surface area contributed by atoms with E-state index in [1.54, 1.807) is 0 Å². The normalized spacial score (nSPS) is 16.7. The summed E-state index contributed by atoms with van der Waals surface area (Å²) in [5.74, 6) is -0.509. The van der Waals surface area contributed by atoms with Crippen molar-refractivity contribution in [3.8, 4) is 0 Å². The average Bonchev–Trinajstić information content (AvgIpc) is 3.32. The van der Waals surface area contributed by atoms with E-state index >= 15 is 0 Å². The van der Waals surface area contributed by atoms with Crippen LogP contribution in [-0.2, 0) is 11.3 Å². The van der Waals surface area contributed by atoms with Crippen molar-refractivity contribution in [3.63, 3.8) is 0 Å². The second-order valence-electron chi connectivity index (χ2n) is 6.66. The Bertz CT molecular complexity index is 1020. The van der Waals surface area contributed by atoms with Crippen LogP contribution in [0.3, 0.4) is 0 Å². The summed E-state index contributed by atoms with van der Waals surface area (Å²) in [6.07, 6.45) is 1.92. The Kier molecular flexibility index (Phi) is 4.68. The number of nitrogens with one attached hydrogen (secondary N) is 2. The van der Waals surface area contributed by atoms with Gasteiger partial charge in [-0.05, 0) is 25.3 Å². The molecule has 0 unspecified atom stereocenters. The Morgan fingerprint density at radius 2 is 2.19 bits per heavy atom. The number of carbonyl (C=O) groups is 1. The molecule has 27 heavy (non-hydrogen) atoms. The molecular formula is C18H20N6O3. The minimum absolute atomic E-state index is 0.0122. The first-order chi connectivity index (χ1) is 13.1. The lowest BCUT2D eigenvalue weighted by molar-refractivity contribution is 0.0849. The van der Waals surface area contributed by atoms with Crippen LogP contribution in [0.1, 0.15) is 34.6 Å². The van der Waals surface area contributed by atoms with Crippen molar-refractivity contribution in [1.29, 1.82) is 0 Å². The molecule has 0 aliphatic carbocycles. The minimum atomic E-state index is -0.488. The largest absolute Gasteiger partial charge is 0.376 e. The topological polar surface area (TPSA) is 115 Å². The molecule has 0 saturated carbocycles. The molecule has 1 atom stereocenters. The van der Waals surface area contributed by atoms with Gasteiger partial charge in [0.15, 0.2) is 11.2 Å². The molecule has 1 aliphatic heterocycles. The lowest BCUT2D eigenvalue weighted by Crippen LogP contribution is -2.34. The van der Waals surface area contributed by atoms with Gasteiger partial charge in [-0.2, -0.15) is 0 Å². The molecule has 0 radical (unpaired) electrons. The second kappa shape index (κ2) is 7.28. The number of amides is 1. The Morgan fingerprint density at radius 3 is 2.93 bits per heavy atom. The molecule has 4 rings (SSSR count). The molecule has 140 valence electrons. The van der Waals surface area contributed by atoms with Crippen molar-refractivity contribution in [2.45, 2.75) is 32.4 Å². The van der Waals surface area contributed by atoms with Gasteiger partial charge in [-0.15, -0.1) is 5.10 Å². The zero-order valence-corrected chi connectivity index (χ0v) is 14.9. The number of aromatic amines is 1. The summed E-state index contributed by atoms with van der Waals surface area (Å²) < 4.78 is 7.00. The van der Waals surface area contributed by atoms with E-state index in [0.29, 0.717) is 19.7 Å². The van der Waals surface area contributed by atoms with Gasteiger partial charge in [0.1, 0.15) is 0 Å². The van der Waals surface area contributed by atoms with Crippen molar-refractivity contribution in [1.82, 2.24) is 30.3 Å². The van der Waals surface area contributed by atoms with Crippen molar-refractivity contribution in [3.05, 3.63) is 51.6 Å². The van der Waals surface area contributed by atoms with Gasteiger partial charge in [-0.1, -0.05) is 35.0 Å². The summed E-state index contributed by atoms with van der Waals surface area (Å²) in [7, 11) is 0. The number of carbonyl (C=O) groups excluding carboxylic acids is 1. The Balaban J connectivity index is 1.58. The van der Waals surface area contributed by atoms with E-state index in [4.69, 9.17) is 4.74 Å². The zero-order chi connectivity index (χ0) is 18.8. The van der Waals surface area contributed by atoms with Crippen molar-refractivity contribution >= 4 is 17.1 Å². The van der Waals surface area contributed by atoms with Crippen LogP contribution in [-0.4, -0.2) is 50.1 Å². The molecule has 1 saturated heterocycles. The van der Waals surface area contributed by atoms with Gasteiger partial charge in [0.2, 0.25) is 5.82 Å². The highest BCUT2D eigenvalue weighted by Gasteiger charge is 2.19. The summed E-state index contributed by atoms with van der Waals surface area (Å²) in [4.78, 5) is 31.4. The summed E-state index contributed by atoms with van der Waals surface area (Å²) in [6.45, 7) is 3.52. The van der Waals surface area contributed by atoms with Gasteiger partial charge in [0, 0.05) is 13.2 Å². The molecule has 2 N–H and O–H groups in total. The first-order valence-corrected chi connectivity index (χ1v) is 8.89. The number of hydrogen-bond acceptors (Lipinski definition) is 6. The van der Waals surface area contributed by atoms with Crippen LogP contribution >= 0.6 is 0 Å². The van der Waals surface area contributed by atoms with E-state index in [1.807, 2.05) is 31.2 Å². The quantitative estimate of drug-likeness (QED) is 0.688. The number of fused-ring (bicyclic) bond motifs is 1. The number of hydrogen-bond donors (Lipinski definition) is 2. The maximum atomic E-state index is 12.4. The van der Waals surface area contributed by atoms with Crippen LogP contribution in [0.25, 0.3) is 11.2 Å². The number of aromatic nitrogens is 5. The van der Waals surface area contributed by atoms with E-state index in [-0.39, 0.29) is 23.1 Å². The Morgan fingerprint density at radius 1 is 1.37 bits per heavy atom. The molecule has 2 aromatic heterocycles. The maximum absolute atomic E-state index is 12.4. The van der Waals surface area contributed by atoms with Crippen LogP contribution in [0.5, 0.6) is 0 Å². The second-order valence-corrected chi connectivity index (χ2v) is 6.66. The van der Waals surface area contributed by atoms with Crippen LogP contribution in [0.4, 0.5) is 0 Å². The van der Waals surface area contributed by atoms with Crippen LogP contribution in [0, 0.1) is 6.92 Å². The maximum Gasteiger partial charge on any atom is 0.287 e. The Labute approximate surface area is 154 Å². The monoisotopic (exact) mass is 368 g/mol. The SMILES string of the molecule is Cc1ccc(Cn2nnc3c(=O)[nH]c(C(=O)NC[C@H]4CCCO4)nc32)cc1. The number of nitrogens with zero attached hydrogens (tertiary/aromatic N) is 4. The van der Waals surface area contributed by atoms with Gasteiger partial charge >= 0.3 is 0 Å². The molecule has 1 aliphatic rings. The lowest BCUT2D eigenvalue weighted by Gasteiger charge is -2.10. The Hall–Kier alpha value is -3.07. The van der Waals surface area contributed by atoms with E-state index in [9.17, 15) is 9.59 Å². The van der Waals surface area contributed by atoms with E-state index in [1.165, 1.54) is 4.68 Å². The van der Waals surface area contributed by atoms with Gasteiger partial charge < -0.3 is 15.0 Å². The number of benzene rings is 1. The smallest absolute Gasteiger partial charge is 0.287 e.